The summed E-state index contributed by atoms with van der Waals surface area (Å²) in [5.74, 6) is 0.425. The van der Waals surface area contributed by atoms with E-state index in [0.29, 0.717) is 0 Å². The average molecular weight is 245 g/mol. The lowest BCUT2D eigenvalue weighted by atomic mass is 9.95. The number of aryl methyl sites for hydroxylation is 1. The van der Waals surface area contributed by atoms with Crippen molar-refractivity contribution in [3.8, 4) is 0 Å². The molecule has 0 bridgehead atoms. The molecule has 1 aromatic rings. The Morgan fingerprint density at radius 1 is 1.28 bits per heavy atom. The normalized spacial score (nSPS) is 20.3. The van der Waals surface area contributed by atoms with Crippen molar-refractivity contribution in [3.63, 3.8) is 0 Å². The van der Waals surface area contributed by atoms with E-state index in [9.17, 15) is 4.79 Å². The Morgan fingerprint density at radius 2 is 2.11 bits per heavy atom. The van der Waals surface area contributed by atoms with Gasteiger partial charge in [0.2, 0.25) is 5.91 Å². The number of carbonyl (C=O) groups is 1. The summed E-state index contributed by atoms with van der Waals surface area (Å²) in [7, 11) is 0. The van der Waals surface area contributed by atoms with E-state index in [0.717, 1.165) is 37.8 Å². The first-order valence-electron chi connectivity index (χ1n) is 7.20. The molecule has 2 heteroatoms. The summed E-state index contributed by atoms with van der Waals surface area (Å²) in [5.41, 5.74) is 2.30. The van der Waals surface area contributed by atoms with Gasteiger partial charge in [-0.3, -0.25) is 4.79 Å². The van der Waals surface area contributed by atoms with E-state index >= 15 is 0 Å². The summed E-state index contributed by atoms with van der Waals surface area (Å²) in [6.07, 6.45) is 7.83. The highest BCUT2D eigenvalue weighted by atomic mass is 16.1. The molecule has 1 atom stereocenters. The highest BCUT2D eigenvalue weighted by Crippen LogP contribution is 2.25. The molecule has 2 rings (SSSR count). The molecule has 1 N–H and O–H groups in total. The Bertz CT molecular complexity index is 400. The Balaban J connectivity index is 2.11. The van der Waals surface area contributed by atoms with Gasteiger partial charge in [0.05, 0.1) is 0 Å². The Hall–Kier alpha value is -1.31. The summed E-state index contributed by atoms with van der Waals surface area (Å²) < 4.78 is 0. The van der Waals surface area contributed by atoms with Crippen molar-refractivity contribution in [2.45, 2.75) is 51.9 Å². The number of nitrogens with one attached hydrogen (secondary N) is 1. The Morgan fingerprint density at radius 3 is 2.94 bits per heavy atom. The molecule has 18 heavy (non-hydrogen) atoms. The number of unbranched alkanes of at least 4 members (excludes halogenated alkanes) is 1. The molecule has 1 aliphatic rings. The van der Waals surface area contributed by atoms with Gasteiger partial charge in [-0.05, 0) is 37.3 Å². The number of carbonyl (C=O) groups excluding carboxylic acids is 1. The lowest BCUT2D eigenvalue weighted by molar-refractivity contribution is -0.120. The number of hydrogen-bond donors (Lipinski definition) is 1. The quantitative estimate of drug-likeness (QED) is 0.851. The van der Waals surface area contributed by atoms with E-state index in [1.165, 1.54) is 18.4 Å². The third-order valence-electron chi connectivity index (χ3n) is 3.80. The summed E-state index contributed by atoms with van der Waals surface area (Å²) in [4.78, 5) is 12.3. The van der Waals surface area contributed by atoms with Gasteiger partial charge < -0.3 is 5.32 Å². The molecular formula is C16H23NO. The van der Waals surface area contributed by atoms with Crippen molar-refractivity contribution in [1.82, 2.24) is 0 Å². The fraction of sp³-hybridized carbons (Fsp3) is 0.562. The lowest BCUT2D eigenvalue weighted by Crippen LogP contribution is -2.22. The Labute approximate surface area is 110 Å². The summed E-state index contributed by atoms with van der Waals surface area (Å²) in [6, 6.07) is 8.20. The van der Waals surface area contributed by atoms with Gasteiger partial charge in [-0.15, -0.1) is 0 Å². The summed E-state index contributed by atoms with van der Waals surface area (Å²) in [5, 5.41) is 3.12. The lowest BCUT2D eigenvalue weighted by Gasteiger charge is -2.15. The molecule has 0 saturated heterocycles. The second-order valence-electron chi connectivity index (χ2n) is 5.23. The first-order valence-corrected chi connectivity index (χ1v) is 7.20. The first-order chi connectivity index (χ1) is 8.81. The minimum absolute atomic E-state index is 0.205. The fourth-order valence-corrected chi connectivity index (χ4v) is 2.66. The molecule has 1 amide bonds. The number of rotatable bonds is 3. The van der Waals surface area contributed by atoms with Gasteiger partial charge >= 0.3 is 0 Å². The maximum atomic E-state index is 12.3. The number of amides is 1. The molecule has 0 radical (unpaired) electrons. The van der Waals surface area contributed by atoms with Crippen molar-refractivity contribution >= 4 is 11.6 Å². The zero-order valence-corrected chi connectivity index (χ0v) is 11.2. The van der Waals surface area contributed by atoms with E-state index in [4.69, 9.17) is 0 Å². The maximum absolute atomic E-state index is 12.3. The smallest absolute Gasteiger partial charge is 0.227 e. The molecule has 1 heterocycles. The van der Waals surface area contributed by atoms with Crippen LogP contribution in [0.3, 0.4) is 0 Å². The van der Waals surface area contributed by atoms with Crippen LogP contribution in [-0.2, 0) is 11.2 Å². The average Bonchev–Trinajstić information content (AvgIpc) is 2.46. The van der Waals surface area contributed by atoms with Crippen molar-refractivity contribution in [1.29, 1.82) is 0 Å². The molecule has 1 aliphatic heterocycles. The predicted molar refractivity (Wildman–Crippen MR) is 75.6 cm³/mol. The molecule has 0 spiro atoms. The first kappa shape index (κ1) is 13.1. The third kappa shape index (κ3) is 3.34. The number of benzene rings is 1. The van der Waals surface area contributed by atoms with Crippen molar-refractivity contribution < 1.29 is 4.79 Å². The van der Waals surface area contributed by atoms with Gasteiger partial charge in [0.15, 0.2) is 0 Å². The largest absolute Gasteiger partial charge is 0.326 e. The predicted octanol–water partition coefficient (Wildman–Crippen LogP) is 4.16. The highest BCUT2D eigenvalue weighted by Gasteiger charge is 2.20. The van der Waals surface area contributed by atoms with Crippen LogP contribution in [0.1, 0.15) is 51.0 Å². The zero-order valence-electron chi connectivity index (χ0n) is 11.2. The van der Waals surface area contributed by atoms with E-state index in [1.807, 2.05) is 12.1 Å². The van der Waals surface area contributed by atoms with Crippen LogP contribution in [0.4, 0.5) is 5.69 Å². The zero-order chi connectivity index (χ0) is 12.8. The van der Waals surface area contributed by atoms with Crippen LogP contribution >= 0.6 is 0 Å². The minimum atomic E-state index is 0.205. The fourth-order valence-electron chi connectivity index (χ4n) is 2.66. The van der Waals surface area contributed by atoms with Gasteiger partial charge in [0.25, 0.3) is 0 Å². The van der Waals surface area contributed by atoms with Crippen LogP contribution in [0.2, 0.25) is 0 Å². The van der Waals surface area contributed by atoms with E-state index < -0.39 is 0 Å². The van der Waals surface area contributed by atoms with Crippen LogP contribution in [0.5, 0.6) is 0 Å². The molecule has 2 nitrogen and oxygen atoms in total. The molecule has 98 valence electrons. The third-order valence-corrected chi connectivity index (χ3v) is 3.80. The second-order valence-corrected chi connectivity index (χ2v) is 5.23. The van der Waals surface area contributed by atoms with Crippen LogP contribution in [0, 0.1) is 5.92 Å². The van der Waals surface area contributed by atoms with Crippen LogP contribution in [0.15, 0.2) is 24.3 Å². The van der Waals surface area contributed by atoms with Gasteiger partial charge in [-0.1, -0.05) is 44.4 Å². The van der Waals surface area contributed by atoms with Crippen LogP contribution < -0.4 is 5.32 Å². The molecule has 1 aromatic carbocycles. The summed E-state index contributed by atoms with van der Waals surface area (Å²) >= 11 is 0. The van der Waals surface area contributed by atoms with Crippen molar-refractivity contribution in [2.24, 2.45) is 5.92 Å². The number of fused-ring (bicyclic) bond motifs is 1. The Kier molecular flexibility index (Phi) is 4.80. The van der Waals surface area contributed by atoms with Crippen LogP contribution in [-0.4, -0.2) is 5.91 Å². The molecule has 0 saturated carbocycles. The molecule has 1 unspecified atom stereocenters. The van der Waals surface area contributed by atoms with E-state index in [-0.39, 0.29) is 11.8 Å². The van der Waals surface area contributed by atoms with Crippen molar-refractivity contribution in [3.05, 3.63) is 29.8 Å². The molecule has 0 aromatic heterocycles. The molecule has 0 aliphatic carbocycles. The van der Waals surface area contributed by atoms with Gasteiger partial charge in [0.1, 0.15) is 0 Å². The number of hydrogen-bond acceptors (Lipinski definition) is 1. The van der Waals surface area contributed by atoms with Crippen LogP contribution in [0.25, 0.3) is 0 Å². The SMILES string of the molecule is CCCCC1CCCCc2ccccc2NC1=O. The molecule has 0 fully saturated rings. The van der Waals surface area contributed by atoms with Crippen molar-refractivity contribution in [2.75, 3.05) is 5.32 Å². The second kappa shape index (κ2) is 6.58. The van der Waals surface area contributed by atoms with Gasteiger partial charge in [-0.2, -0.15) is 0 Å². The van der Waals surface area contributed by atoms with Gasteiger partial charge in [0, 0.05) is 11.6 Å². The number of para-hydroxylation sites is 1. The standard InChI is InChI=1S/C16H23NO/c1-2-3-8-14-11-5-4-9-13-10-6-7-12-15(13)17-16(14)18/h6-7,10,12,14H,2-5,8-9,11H2,1H3,(H,17,18). The molecular weight excluding hydrogens is 222 g/mol. The van der Waals surface area contributed by atoms with E-state index in [2.05, 4.69) is 24.4 Å². The summed E-state index contributed by atoms with van der Waals surface area (Å²) in [6.45, 7) is 2.18. The highest BCUT2D eigenvalue weighted by molar-refractivity contribution is 5.93. The van der Waals surface area contributed by atoms with Gasteiger partial charge in [-0.25, -0.2) is 0 Å². The van der Waals surface area contributed by atoms with E-state index in [1.54, 1.807) is 0 Å². The maximum Gasteiger partial charge on any atom is 0.227 e. The minimum Gasteiger partial charge on any atom is -0.326 e. The monoisotopic (exact) mass is 245 g/mol. The topological polar surface area (TPSA) is 29.1 Å². The number of anilines is 1.